The summed E-state index contributed by atoms with van der Waals surface area (Å²) in [6, 6.07) is 15.5. The molecule has 0 spiro atoms. The number of aliphatic carboxylic acids is 1. The van der Waals surface area contributed by atoms with E-state index in [1.807, 2.05) is 38.1 Å². The normalized spacial score (nSPS) is 13.9. The zero-order valence-electron chi connectivity index (χ0n) is 19.9. The Morgan fingerprint density at radius 1 is 0.853 bits per heavy atom. The first-order valence-corrected chi connectivity index (χ1v) is 12.1. The van der Waals surface area contributed by atoms with Crippen molar-refractivity contribution < 1.29 is 24.2 Å². The van der Waals surface area contributed by atoms with Crippen LogP contribution in [0.5, 0.6) is 0 Å². The van der Waals surface area contributed by atoms with Gasteiger partial charge in [-0.1, -0.05) is 75.2 Å². The van der Waals surface area contributed by atoms with Crippen LogP contribution in [0.3, 0.4) is 0 Å². The highest BCUT2D eigenvalue weighted by molar-refractivity contribution is 5.80. The highest BCUT2D eigenvalue weighted by Gasteiger charge is 2.29. The predicted molar refractivity (Wildman–Crippen MR) is 131 cm³/mol. The molecular weight excluding hydrogens is 432 g/mol. The maximum Gasteiger partial charge on any atom is 0.407 e. The van der Waals surface area contributed by atoms with Gasteiger partial charge < -0.3 is 20.5 Å². The molecule has 1 aliphatic carbocycles. The molecule has 0 saturated carbocycles. The van der Waals surface area contributed by atoms with Crippen molar-refractivity contribution in [3.05, 3.63) is 59.7 Å². The molecule has 7 nitrogen and oxygen atoms in total. The van der Waals surface area contributed by atoms with Gasteiger partial charge in [-0.2, -0.15) is 0 Å². The topological polar surface area (TPSA) is 105 Å². The van der Waals surface area contributed by atoms with Gasteiger partial charge in [0.1, 0.15) is 6.61 Å². The van der Waals surface area contributed by atoms with Crippen LogP contribution < -0.4 is 10.6 Å². The number of carbonyl (C=O) groups excluding carboxylic acids is 2. The van der Waals surface area contributed by atoms with Gasteiger partial charge in [0.25, 0.3) is 0 Å². The number of fused-ring (bicyclic) bond motifs is 3. The fourth-order valence-electron chi connectivity index (χ4n) is 4.68. The molecule has 3 N–H and O–H groups in total. The second-order valence-electron chi connectivity index (χ2n) is 8.81. The molecule has 2 aromatic carbocycles. The SMILES string of the molecule is CCCC(CC(=O)O)NC(=O)CC(CCC)NC(=O)OCC1c2ccccc2-c2ccccc21. The lowest BCUT2D eigenvalue weighted by Gasteiger charge is -2.21. The van der Waals surface area contributed by atoms with Crippen molar-refractivity contribution in [2.45, 2.75) is 70.4 Å². The van der Waals surface area contributed by atoms with Crippen LogP contribution in [0.15, 0.2) is 48.5 Å². The summed E-state index contributed by atoms with van der Waals surface area (Å²) in [6.07, 6.45) is 2.19. The number of carboxylic acid groups (broad SMARTS) is 1. The molecule has 2 amide bonds. The van der Waals surface area contributed by atoms with Crippen molar-refractivity contribution in [1.82, 2.24) is 10.6 Å². The molecule has 0 aromatic heterocycles. The molecule has 0 bridgehead atoms. The second kappa shape index (κ2) is 12.2. The largest absolute Gasteiger partial charge is 0.481 e. The van der Waals surface area contributed by atoms with Crippen LogP contribution in [-0.4, -0.2) is 41.8 Å². The lowest BCUT2D eigenvalue weighted by atomic mass is 9.98. The summed E-state index contributed by atoms with van der Waals surface area (Å²) >= 11 is 0. The molecule has 1 aliphatic rings. The molecule has 7 heteroatoms. The summed E-state index contributed by atoms with van der Waals surface area (Å²) < 4.78 is 5.61. The average Bonchev–Trinajstić information content (AvgIpc) is 3.11. The fourth-order valence-corrected chi connectivity index (χ4v) is 4.68. The maximum atomic E-state index is 12.6. The smallest absolute Gasteiger partial charge is 0.407 e. The van der Waals surface area contributed by atoms with Crippen molar-refractivity contribution >= 4 is 18.0 Å². The molecular formula is C27H34N2O5. The van der Waals surface area contributed by atoms with Crippen LogP contribution in [0.1, 0.15) is 69.4 Å². The van der Waals surface area contributed by atoms with Crippen LogP contribution in [0.4, 0.5) is 4.79 Å². The minimum atomic E-state index is -0.944. The molecule has 34 heavy (non-hydrogen) atoms. The average molecular weight is 467 g/mol. The van der Waals surface area contributed by atoms with Gasteiger partial charge in [0.2, 0.25) is 5.91 Å². The minimum Gasteiger partial charge on any atom is -0.481 e. The van der Waals surface area contributed by atoms with Crippen LogP contribution in [0, 0.1) is 0 Å². The van der Waals surface area contributed by atoms with E-state index in [4.69, 9.17) is 9.84 Å². The van der Waals surface area contributed by atoms with Crippen molar-refractivity contribution in [3.8, 4) is 11.1 Å². The summed E-state index contributed by atoms with van der Waals surface area (Å²) in [4.78, 5) is 36.2. The van der Waals surface area contributed by atoms with Gasteiger partial charge in [0.05, 0.1) is 6.42 Å². The van der Waals surface area contributed by atoms with E-state index < -0.39 is 18.1 Å². The fraction of sp³-hybridized carbons (Fsp3) is 0.444. The van der Waals surface area contributed by atoms with Gasteiger partial charge in [-0.05, 0) is 35.1 Å². The predicted octanol–water partition coefficient (Wildman–Crippen LogP) is 4.84. The Morgan fingerprint density at radius 3 is 1.91 bits per heavy atom. The van der Waals surface area contributed by atoms with E-state index in [1.165, 1.54) is 0 Å². The number of nitrogens with one attached hydrogen (secondary N) is 2. The Labute approximate surface area is 200 Å². The number of carboxylic acids is 1. The Kier molecular flexibility index (Phi) is 9.08. The van der Waals surface area contributed by atoms with Gasteiger partial charge in [0.15, 0.2) is 0 Å². The van der Waals surface area contributed by atoms with E-state index in [9.17, 15) is 14.4 Å². The molecule has 0 saturated heterocycles. The van der Waals surface area contributed by atoms with Crippen molar-refractivity contribution in [1.29, 1.82) is 0 Å². The number of ether oxygens (including phenoxy) is 1. The molecule has 182 valence electrons. The Hall–Kier alpha value is -3.35. The molecule has 0 fully saturated rings. The summed E-state index contributed by atoms with van der Waals surface area (Å²) in [7, 11) is 0. The monoisotopic (exact) mass is 466 g/mol. The summed E-state index contributed by atoms with van der Waals surface area (Å²) in [5, 5.41) is 14.7. The van der Waals surface area contributed by atoms with Crippen LogP contribution in [0.25, 0.3) is 11.1 Å². The standard InChI is InChI=1S/C27H34N2O5/c1-3-9-18(15-25(30)28-19(10-4-2)16-26(31)32)29-27(33)34-17-24-22-13-7-5-11-20(22)21-12-6-8-14-23(21)24/h5-8,11-14,18-19,24H,3-4,9-10,15-17H2,1-2H3,(H,28,30)(H,29,33)(H,31,32). The first kappa shape index (κ1) is 25.3. The summed E-state index contributed by atoms with van der Waals surface area (Å²) in [6.45, 7) is 4.14. The number of rotatable bonds is 12. The van der Waals surface area contributed by atoms with Gasteiger partial charge >= 0.3 is 12.1 Å². The molecule has 0 heterocycles. The van der Waals surface area contributed by atoms with Gasteiger partial charge in [-0.15, -0.1) is 0 Å². The minimum absolute atomic E-state index is 0.0307. The Balaban J connectivity index is 1.57. The van der Waals surface area contributed by atoms with E-state index in [0.717, 1.165) is 35.1 Å². The third-order valence-corrected chi connectivity index (χ3v) is 6.16. The number of alkyl carbamates (subject to hydrolysis) is 1. The molecule has 2 atom stereocenters. The lowest BCUT2D eigenvalue weighted by Crippen LogP contribution is -2.42. The lowest BCUT2D eigenvalue weighted by molar-refractivity contribution is -0.137. The van der Waals surface area contributed by atoms with E-state index in [0.29, 0.717) is 12.8 Å². The summed E-state index contributed by atoms with van der Waals surface area (Å²) in [5.41, 5.74) is 4.61. The maximum absolute atomic E-state index is 12.6. The number of hydrogen-bond donors (Lipinski definition) is 3. The highest BCUT2D eigenvalue weighted by Crippen LogP contribution is 2.44. The van der Waals surface area contributed by atoms with E-state index in [-0.39, 0.29) is 37.3 Å². The number of carbonyl (C=O) groups is 3. The quantitative estimate of drug-likeness (QED) is 0.415. The molecule has 2 unspecified atom stereocenters. The second-order valence-corrected chi connectivity index (χ2v) is 8.81. The van der Waals surface area contributed by atoms with Gasteiger partial charge in [-0.3, -0.25) is 9.59 Å². The third-order valence-electron chi connectivity index (χ3n) is 6.16. The van der Waals surface area contributed by atoms with E-state index in [1.54, 1.807) is 0 Å². The van der Waals surface area contributed by atoms with E-state index >= 15 is 0 Å². The molecule has 0 aliphatic heterocycles. The van der Waals surface area contributed by atoms with Crippen LogP contribution >= 0.6 is 0 Å². The zero-order valence-corrected chi connectivity index (χ0v) is 19.9. The van der Waals surface area contributed by atoms with Crippen LogP contribution in [-0.2, 0) is 14.3 Å². The summed E-state index contributed by atoms with van der Waals surface area (Å²) in [5.74, 6) is -1.24. The third kappa shape index (κ3) is 6.59. The highest BCUT2D eigenvalue weighted by atomic mass is 16.5. The number of benzene rings is 2. The first-order chi connectivity index (χ1) is 16.4. The van der Waals surface area contributed by atoms with Gasteiger partial charge in [0, 0.05) is 24.4 Å². The van der Waals surface area contributed by atoms with E-state index in [2.05, 4.69) is 34.9 Å². The zero-order chi connectivity index (χ0) is 24.5. The number of amides is 2. The van der Waals surface area contributed by atoms with Gasteiger partial charge in [-0.25, -0.2) is 4.79 Å². The van der Waals surface area contributed by atoms with Crippen molar-refractivity contribution in [3.63, 3.8) is 0 Å². The van der Waals surface area contributed by atoms with Crippen LogP contribution in [0.2, 0.25) is 0 Å². The van der Waals surface area contributed by atoms with Crippen molar-refractivity contribution in [2.75, 3.05) is 6.61 Å². The Morgan fingerprint density at radius 2 is 1.38 bits per heavy atom. The molecule has 0 radical (unpaired) electrons. The molecule has 2 aromatic rings. The Bertz CT molecular complexity index is 961. The molecule has 3 rings (SSSR count). The number of hydrogen-bond acceptors (Lipinski definition) is 4. The van der Waals surface area contributed by atoms with Crippen molar-refractivity contribution in [2.24, 2.45) is 0 Å². The first-order valence-electron chi connectivity index (χ1n) is 12.1.